The van der Waals surface area contributed by atoms with Crippen molar-refractivity contribution >= 4 is 17.2 Å². The van der Waals surface area contributed by atoms with Gasteiger partial charge < -0.3 is 13.9 Å². The maximum Gasteiger partial charge on any atom is 0.337 e. The Bertz CT molecular complexity index is 914. The normalized spacial score (nSPS) is 13.2. The molecule has 2 atom stereocenters. The Morgan fingerprint density at radius 1 is 1.21 bits per heavy atom. The van der Waals surface area contributed by atoms with Crippen molar-refractivity contribution < 1.29 is 18.3 Å². The van der Waals surface area contributed by atoms with Crippen molar-refractivity contribution in [1.82, 2.24) is 13.9 Å². The Morgan fingerprint density at radius 2 is 1.93 bits per heavy atom. The zero-order valence-electron chi connectivity index (χ0n) is 15.3. The summed E-state index contributed by atoms with van der Waals surface area (Å²) in [5.74, 6) is -0.431. The number of hydrogen-bond donors (Lipinski definition) is 0. The van der Waals surface area contributed by atoms with Crippen molar-refractivity contribution in [2.24, 2.45) is 0 Å². The van der Waals surface area contributed by atoms with Gasteiger partial charge in [-0.25, -0.2) is 14.1 Å². The van der Waals surface area contributed by atoms with Crippen LogP contribution in [0.5, 0.6) is 0 Å². The van der Waals surface area contributed by atoms with E-state index in [-0.39, 0.29) is 19.1 Å². The zero-order chi connectivity index (χ0) is 19.9. The van der Waals surface area contributed by atoms with Crippen LogP contribution in [0.1, 0.15) is 27.5 Å². The molecule has 0 aliphatic carbocycles. The minimum absolute atomic E-state index is 0.190. The van der Waals surface area contributed by atoms with Crippen LogP contribution in [0.25, 0.3) is 0 Å². The summed E-state index contributed by atoms with van der Waals surface area (Å²) in [6.45, 7) is 0.435. The van der Waals surface area contributed by atoms with Crippen LogP contribution in [0.2, 0.25) is 0 Å². The standard InChI is InChI=1S/C20H21N3O4S/c1-27-20(24)18-9-7-16(8-10-18)13-23(28(25)26)14-19(22-12-11-21-15-22)17-5-3-2-4-6-17/h2-12,15,19H,13-14H2,1H3,(H,25,26)/p-1. The molecule has 0 fully saturated rings. The first-order chi connectivity index (χ1) is 13.6. The van der Waals surface area contributed by atoms with Crippen LogP contribution in [-0.4, -0.2) is 42.2 Å². The van der Waals surface area contributed by atoms with Crippen LogP contribution >= 0.6 is 0 Å². The lowest BCUT2D eigenvalue weighted by atomic mass is 10.1. The summed E-state index contributed by atoms with van der Waals surface area (Å²) in [7, 11) is 1.32. The fourth-order valence-corrected chi connectivity index (χ4v) is 3.46. The van der Waals surface area contributed by atoms with Crippen LogP contribution in [0, 0.1) is 0 Å². The van der Waals surface area contributed by atoms with Gasteiger partial charge in [0.25, 0.3) is 0 Å². The molecule has 7 nitrogen and oxygen atoms in total. The van der Waals surface area contributed by atoms with E-state index >= 15 is 0 Å². The van der Waals surface area contributed by atoms with Gasteiger partial charge in [0.1, 0.15) is 0 Å². The molecule has 0 spiro atoms. The summed E-state index contributed by atoms with van der Waals surface area (Å²) >= 11 is -2.42. The van der Waals surface area contributed by atoms with E-state index in [2.05, 4.69) is 9.72 Å². The number of ether oxygens (including phenoxy) is 1. The molecule has 0 saturated heterocycles. The van der Waals surface area contributed by atoms with Gasteiger partial charge in [0, 0.05) is 36.7 Å². The largest absolute Gasteiger partial charge is 0.760 e. The molecule has 0 bridgehead atoms. The number of rotatable bonds is 8. The zero-order valence-corrected chi connectivity index (χ0v) is 16.1. The van der Waals surface area contributed by atoms with Gasteiger partial charge >= 0.3 is 5.97 Å². The third-order valence-electron chi connectivity index (χ3n) is 4.39. The summed E-state index contributed by atoms with van der Waals surface area (Å²) in [6.07, 6.45) is 5.16. The minimum Gasteiger partial charge on any atom is -0.760 e. The molecule has 2 aromatic carbocycles. The Balaban J connectivity index is 1.81. The van der Waals surface area contributed by atoms with Gasteiger partial charge in [-0.3, -0.25) is 4.21 Å². The number of benzene rings is 2. The number of carbonyl (C=O) groups excluding carboxylic acids is 1. The molecule has 3 aromatic rings. The van der Waals surface area contributed by atoms with E-state index in [1.165, 1.54) is 11.4 Å². The summed E-state index contributed by atoms with van der Waals surface area (Å²) in [6, 6.07) is 16.2. The first-order valence-electron chi connectivity index (χ1n) is 8.62. The Morgan fingerprint density at radius 3 is 2.50 bits per heavy atom. The maximum atomic E-state index is 11.9. The topological polar surface area (TPSA) is 87.5 Å². The Labute approximate surface area is 166 Å². The lowest BCUT2D eigenvalue weighted by Crippen LogP contribution is -2.32. The van der Waals surface area contributed by atoms with Gasteiger partial charge in [0.05, 0.1) is 25.0 Å². The highest BCUT2D eigenvalue weighted by Gasteiger charge is 2.19. The van der Waals surface area contributed by atoms with Crippen molar-refractivity contribution in [3.8, 4) is 0 Å². The highest BCUT2D eigenvalue weighted by atomic mass is 32.2. The van der Waals surface area contributed by atoms with E-state index in [4.69, 9.17) is 0 Å². The first-order valence-corrected chi connectivity index (χ1v) is 9.65. The van der Waals surface area contributed by atoms with Crippen LogP contribution in [0.3, 0.4) is 0 Å². The predicted molar refractivity (Wildman–Crippen MR) is 104 cm³/mol. The monoisotopic (exact) mass is 398 g/mol. The van der Waals surface area contributed by atoms with E-state index in [1.807, 2.05) is 41.1 Å². The summed E-state index contributed by atoms with van der Waals surface area (Å²) in [5.41, 5.74) is 2.17. The number of imidazole rings is 1. The molecule has 146 valence electrons. The van der Waals surface area contributed by atoms with Crippen molar-refractivity contribution in [3.63, 3.8) is 0 Å². The smallest absolute Gasteiger partial charge is 0.337 e. The molecular formula is C20H20N3O4S-. The number of esters is 1. The quantitative estimate of drug-likeness (QED) is 0.430. The molecule has 0 saturated carbocycles. The molecule has 1 aromatic heterocycles. The van der Waals surface area contributed by atoms with Crippen LogP contribution in [0.4, 0.5) is 0 Å². The second-order valence-corrected chi connectivity index (χ2v) is 7.12. The summed E-state index contributed by atoms with van der Waals surface area (Å²) in [4.78, 5) is 15.6. The van der Waals surface area contributed by atoms with E-state index < -0.39 is 17.2 Å². The molecular weight excluding hydrogens is 378 g/mol. The van der Waals surface area contributed by atoms with Gasteiger partial charge in [-0.15, -0.1) is 0 Å². The molecule has 0 aliphatic rings. The van der Waals surface area contributed by atoms with E-state index in [0.717, 1.165) is 11.1 Å². The average Bonchev–Trinajstić information content (AvgIpc) is 3.26. The number of hydrogen-bond acceptors (Lipinski definition) is 5. The molecule has 0 radical (unpaired) electrons. The van der Waals surface area contributed by atoms with Crippen molar-refractivity contribution in [3.05, 3.63) is 90.0 Å². The van der Waals surface area contributed by atoms with E-state index in [1.54, 1.807) is 36.8 Å². The number of carbonyl (C=O) groups is 1. The lowest BCUT2D eigenvalue weighted by molar-refractivity contribution is 0.0600. The molecule has 3 rings (SSSR count). The third-order valence-corrected chi connectivity index (χ3v) is 5.09. The van der Waals surface area contributed by atoms with Crippen LogP contribution < -0.4 is 0 Å². The second kappa shape index (κ2) is 9.41. The molecule has 0 N–H and O–H groups in total. The van der Waals surface area contributed by atoms with Gasteiger partial charge in [-0.1, -0.05) is 42.5 Å². The summed E-state index contributed by atoms with van der Waals surface area (Å²) < 4.78 is 31.7. The van der Waals surface area contributed by atoms with Gasteiger partial charge in [0.2, 0.25) is 0 Å². The molecule has 28 heavy (non-hydrogen) atoms. The Kier molecular flexibility index (Phi) is 6.70. The van der Waals surface area contributed by atoms with Crippen LogP contribution in [0.15, 0.2) is 73.3 Å². The predicted octanol–water partition coefficient (Wildman–Crippen LogP) is 2.56. The van der Waals surface area contributed by atoms with Gasteiger partial charge in [0.15, 0.2) is 0 Å². The fourth-order valence-electron chi connectivity index (χ4n) is 2.94. The first kappa shape index (κ1) is 19.9. The SMILES string of the molecule is COC(=O)c1ccc(CN(CC(c2ccccc2)n2ccnc2)S(=O)[O-])cc1. The van der Waals surface area contributed by atoms with E-state index in [9.17, 15) is 13.6 Å². The number of methoxy groups -OCH3 is 1. The maximum absolute atomic E-state index is 11.9. The minimum atomic E-state index is -2.42. The van der Waals surface area contributed by atoms with Crippen molar-refractivity contribution in [1.29, 1.82) is 0 Å². The second-order valence-electron chi connectivity index (χ2n) is 6.16. The molecule has 0 amide bonds. The highest BCUT2D eigenvalue weighted by molar-refractivity contribution is 7.76. The van der Waals surface area contributed by atoms with Gasteiger partial charge in [-0.05, 0) is 23.3 Å². The lowest BCUT2D eigenvalue weighted by Gasteiger charge is -2.29. The number of aromatic nitrogens is 2. The Hall–Kier alpha value is -2.81. The molecule has 0 aliphatic heterocycles. The summed E-state index contributed by atoms with van der Waals surface area (Å²) in [5, 5.41) is 0. The molecule has 8 heteroatoms. The van der Waals surface area contributed by atoms with Crippen molar-refractivity contribution in [2.75, 3.05) is 13.7 Å². The molecule has 2 unspecified atom stereocenters. The highest BCUT2D eigenvalue weighted by Crippen LogP contribution is 2.21. The van der Waals surface area contributed by atoms with E-state index in [0.29, 0.717) is 5.56 Å². The third kappa shape index (κ3) is 4.92. The average molecular weight is 398 g/mol. The van der Waals surface area contributed by atoms with Crippen LogP contribution in [-0.2, 0) is 22.5 Å². The van der Waals surface area contributed by atoms with Crippen molar-refractivity contribution in [2.45, 2.75) is 12.6 Å². The van der Waals surface area contributed by atoms with Gasteiger partial charge in [-0.2, -0.15) is 0 Å². The molecule has 1 heterocycles. The number of nitrogens with zero attached hydrogens (tertiary/aromatic N) is 3. The fraction of sp³-hybridized carbons (Fsp3) is 0.200.